The van der Waals surface area contributed by atoms with Crippen molar-refractivity contribution in [3.8, 4) is 0 Å². The second kappa shape index (κ2) is 9.20. The highest BCUT2D eigenvalue weighted by atomic mass is 16.1. The molecule has 0 aliphatic rings. The predicted molar refractivity (Wildman–Crippen MR) is 70.0 cm³/mol. The van der Waals surface area contributed by atoms with E-state index in [1.54, 1.807) is 0 Å². The van der Waals surface area contributed by atoms with Crippen molar-refractivity contribution in [1.29, 1.82) is 0 Å². The molecule has 0 atom stereocenters. The van der Waals surface area contributed by atoms with Crippen LogP contribution in [0.3, 0.4) is 0 Å². The zero-order chi connectivity index (χ0) is 12.4. The summed E-state index contributed by atoms with van der Waals surface area (Å²) < 4.78 is 0. The van der Waals surface area contributed by atoms with Crippen molar-refractivity contribution in [3.05, 3.63) is 23.8 Å². The van der Waals surface area contributed by atoms with Gasteiger partial charge in [-0.3, -0.25) is 4.79 Å². The summed E-state index contributed by atoms with van der Waals surface area (Å²) in [6.07, 6.45) is 11.5. The van der Waals surface area contributed by atoms with Crippen LogP contribution in [0.5, 0.6) is 0 Å². The lowest BCUT2D eigenvalue weighted by molar-refractivity contribution is -0.114. The third-order valence-corrected chi connectivity index (χ3v) is 2.35. The van der Waals surface area contributed by atoms with Crippen LogP contribution in [0.25, 0.3) is 0 Å². The van der Waals surface area contributed by atoms with E-state index in [2.05, 4.69) is 26.8 Å². The van der Waals surface area contributed by atoms with Crippen molar-refractivity contribution >= 4 is 5.91 Å². The Balaban J connectivity index is 4.07. The topological polar surface area (TPSA) is 43.1 Å². The monoisotopic (exact) mass is 223 g/mol. The lowest BCUT2D eigenvalue weighted by atomic mass is 10.0. The number of unbranched alkanes of at least 4 members (excludes halogenated alkanes) is 3. The first-order valence-corrected chi connectivity index (χ1v) is 6.23. The summed E-state index contributed by atoms with van der Waals surface area (Å²) in [4.78, 5) is 11.1. The van der Waals surface area contributed by atoms with Gasteiger partial charge in [0.15, 0.2) is 0 Å². The van der Waals surface area contributed by atoms with Crippen LogP contribution in [0.15, 0.2) is 23.8 Å². The molecule has 2 heteroatoms. The van der Waals surface area contributed by atoms with Gasteiger partial charge in [0.25, 0.3) is 0 Å². The molecule has 0 bridgehead atoms. The average Bonchev–Trinajstić information content (AvgIpc) is 2.20. The molecule has 0 spiro atoms. The minimum Gasteiger partial charge on any atom is -0.366 e. The fraction of sp³-hybridized carbons (Fsp3) is 0.643. The van der Waals surface area contributed by atoms with Crippen molar-refractivity contribution in [2.75, 3.05) is 0 Å². The second-order valence-electron chi connectivity index (χ2n) is 4.58. The molecular weight excluding hydrogens is 198 g/mol. The van der Waals surface area contributed by atoms with Crippen molar-refractivity contribution < 1.29 is 4.79 Å². The minimum absolute atomic E-state index is 0.299. The van der Waals surface area contributed by atoms with Gasteiger partial charge in [-0.05, 0) is 25.2 Å². The summed E-state index contributed by atoms with van der Waals surface area (Å²) in [5.41, 5.74) is 6.03. The average molecular weight is 223 g/mol. The maximum absolute atomic E-state index is 11.1. The minimum atomic E-state index is -0.299. The molecule has 2 N–H and O–H groups in total. The van der Waals surface area contributed by atoms with Gasteiger partial charge in [-0.1, -0.05) is 51.8 Å². The third-order valence-electron chi connectivity index (χ3n) is 2.35. The highest BCUT2D eigenvalue weighted by Crippen LogP contribution is 2.10. The van der Waals surface area contributed by atoms with Crippen LogP contribution in [-0.2, 0) is 4.79 Å². The quantitative estimate of drug-likeness (QED) is 0.381. The molecule has 16 heavy (non-hydrogen) atoms. The van der Waals surface area contributed by atoms with Crippen LogP contribution in [0.4, 0.5) is 0 Å². The normalized spacial score (nSPS) is 12.6. The van der Waals surface area contributed by atoms with E-state index in [-0.39, 0.29) is 5.91 Å². The Morgan fingerprint density at radius 2 is 2.00 bits per heavy atom. The maximum atomic E-state index is 11.1. The van der Waals surface area contributed by atoms with Gasteiger partial charge in [0.05, 0.1) is 0 Å². The number of allylic oxidation sites excluding steroid dienone is 3. The summed E-state index contributed by atoms with van der Waals surface area (Å²) in [6, 6.07) is 0. The number of primary amides is 1. The lowest BCUT2D eigenvalue weighted by Crippen LogP contribution is -2.15. The van der Waals surface area contributed by atoms with Crippen molar-refractivity contribution in [2.24, 2.45) is 11.7 Å². The Morgan fingerprint density at radius 1 is 1.31 bits per heavy atom. The van der Waals surface area contributed by atoms with Crippen LogP contribution < -0.4 is 5.73 Å². The van der Waals surface area contributed by atoms with Crippen LogP contribution in [0.1, 0.15) is 52.9 Å². The van der Waals surface area contributed by atoms with Gasteiger partial charge in [-0.25, -0.2) is 0 Å². The molecular formula is C14H25NO. The summed E-state index contributed by atoms with van der Waals surface area (Å²) in [7, 11) is 0. The number of nitrogens with two attached hydrogens (primary N) is 1. The summed E-state index contributed by atoms with van der Waals surface area (Å²) in [5.74, 6) is 0.166. The van der Waals surface area contributed by atoms with E-state index in [1.165, 1.54) is 19.3 Å². The van der Waals surface area contributed by atoms with E-state index < -0.39 is 0 Å². The number of hydrogen-bond acceptors (Lipinski definition) is 1. The third kappa shape index (κ3) is 8.27. The van der Waals surface area contributed by atoms with Crippen LogP contribution in [-0.4, -0.2) is 5.91 Å². The van der Waals surface area contributed by atoms with Crippen LogP contribution in [0, 0.1) is 5.92 Å². The number of carbonyl (C=O) groups is 1. The van der Waals surface area contributed by atoms with Gasteiger partial charge >= 0.3 is 0 Å². The Hall–Kier alpha value is -1.05. The molecule has 2 nitrogen and oxygen atoms in total. The molecule has 0 aromatic carbocycles. The molecule has 0 heterocycles. The Kier molecular flexibility index (Phi) is 8.59. The molecule has 92 valence electrons. The zero-order valence-corrected chi connectivity index (χ0v) is 10.8. The fourth-order valence-electron chi connectivity index (χ4n) is 1.48. The lowest BCUT2D eigenvalue weighted by Gasteiger charge is -2.04. The zero-order valence-electron chi connectivity index (χ0n) is 10.8. The predicted octanol–water partition coefficient (Wildman–Crippen LogP) is 3.58. The molecule has 0 rings (SSSR count). The highest BCUT2D eigenvalue weighted by Gasteiger charge is 2.05. The molecule has 0 aromatic heterocycles. The molecule has 0 aromatic rings. The molecule has 0 fully saturated rings. The van der Waals surface area contributed by atoms with Crippen molar-refractivity contribution in [3.63, 3.8) is 0 Å². The van der Waals surface area contributed by atoms with E-state index >= 15 is 0 Å². The largest absolute Gasteiger partial charge is 0.366 e. The van der Waals surface area contributed by atoms with Gasteiger partial charge in [0.2, 0.25) is 5.91 Å². The van der Waals surface area contributed by atoms with Crippen molar-refractivity contribution in [2.45, 2.75) is 52.9 Å². The van der Waals surface area contributed by atoms with E-state index in [0.29, 0.717) is 5.92 Å². The van der Waals surface area contributed by atoms with E-state index in [4.69, 9.17) is 5.73 Å². The number of carbonyl (C=O) groups excluding carboxylic acids is 1. The Bertz CT molecular complexity index is 251. The van der Waals surface area contributed by atoms with Crippen molar-refractivity contribution in [1.82, 2.24) is 0 Å². The molecule has 0 radical (unpaired) electrons. The van der Waals surface area contributed by atoms with Gasteiger partial charge in [0, 0.05) is 5.57 Å². The van der Waals surface area contributed by atoms with Gasteiger partial charge in [-0.2, -0.15) is 0 Å². The first kappa shape index (κ1) is 14.9. The smallest absolute Gasteiger partial charge is 0.244 e. The van der Waals surface area contributed by atoms with E-state index in [0.717, 1.165) is 18.4 Å². The molecule has 1 amide bonds. The highest BCUT2D eigenvalue weighted by molar-refractivity contribution is 5.92. The fourth-order valence-corrected chi connectivity index (χ4v) is 1.48. The second-order valence-corrected chi connectivity index (χ2v) is 4.58. The number of hydrogen-bond donors (Lipinski definition) is 1. The van der Waals surface area contributed by atoms with E-state index in [1.807, 2.05) is 12.2 Å². The summed E-state index contributed by atoms with van der Waals surface area (Å²) in [6.45, 7) is 6.36. The molecule has 0 aliphatic heterocycles. The number of rotatable bonds is 8. The standard InChI is InChI=1S/C14H25NO/c1-4-5-6-7-8-9-10-13(14(15)16)11-12(2)3/h8-10,12H,4-7,11H2,1-3H3,(H2,15,16). The molecule has 0 aliphatic carbocycles. The maximum Gasteiger partial charge on any atom is 0.244 e. The first-order chi connectivity index (χ1) is 7.57. The molecule has 0 saturated heterocycles. The van der Waals surface area contributed by atoms with E-state index in [9.17, 15) is 4.79 Å². The first-order valence-electron chi connectivity index (χ1n) is 6.23. The Labute approximate surface area is 99.6 Å². The summed E-state index contributed by atoms with van der Waals surface area (Å²) in [5, 5.41) is 0. The molecule has 0 saturated carbocycles. The van der Waals surface area contributed by atoms with Gasteiger partial charge in [-0.15, -0.1) is 0 Å². The molecule has 0 unspecified atom stereocenters. The Morgan fingerprint density at radius 3 is 2.50 bits per heavy atom. The number of amides is 1. The SMILES string of the molecule is CCCCCC=CC=C(CC(C)C)C(N)=O. The summed E-state index contributed by atoms with van der Waals surface area (Å²) >= 11 is 0. The van der Waals surface area contributed by atoms with Crippen LogP contribution >= 0.6 is 0 Å². The van der Waals surface area contributed by atoms with Gasteiger partial charge < -0.3 is 5.73 Å². The van der Waals surface area contributed by atoms with Gasteiger partial charge in [0.1, 0.15) is 0 Å². The van der Waals surface area contributed by atoms with Crippen LogP contribution in [0.2, 0.25) is 0 Å².